The molecule has 3 rings (SSSR count). The van der Waals surface area contributed by atoms with Gasteiger partial charge in [0.15, 0.2) is 0 Å². The van der Waals surface area contributed by atoms with E-state index in [2.05, 4.69) is 10.3 Å². The summed E-state index contributed by atoms with van der Waals surface area (Å²) in [4.78, 5) is 28.7. The Labute approximate surface area is 137 Å². The van der Waals surface area contributed by atoms with Crippen LogP contribution in [0.1, 0.15) is 26.4 Å². The standard InChI is InChI=1S/C17H13ClN2O3/c18-13-15(20-11-5-3-10(4-6-11)7-9-21)17(23)14-12(16(13)22)2-1-8-19-14/h1-6,8,20-21H,7,9H2. The highest BCUT2D eigenvalue weighted by atomic mass is 35.5. The average Bonchev–Trinajstić information content (AvgIpc) is 2.58. The number of halogens is 1. The van der Waals surface area contributed by atoms with Crippen LogP contribution in [0.2, 0.25) is 0 Å². The van der Waals surface area contributed by atoms with Gasteiger partial charge in [-0.25, -0.2) is 0 Å². The number of hydrogen-bond acceptors (Lipinski definition) is 5. The second-order valence-corrected chi connectivity index (χ2v) is 5.42. The Morgan fingerprint density at radius 2 is 1.83 bits per heavy atom. The minimum absolute atomic E-state index is 0.0257. The third-order valence-electron chi connectivity index (χ3n) is 3.54. The van der Waals surface area contributed by atoms with Crippen LogP contribution in [0, 0.1) is 0 Å². The molecule has 6 heteroatoms. The number of ketones is 2. The van der Waals surface area contributed by atoms with Crippen molar-refractivity contribution in [2.24, 2.45) is 0 Å². The van der Waals surface area contributed by atoms with Gasteiger partial charge in [0, 0.05) is 18.5 Å². The van der Waals surface area contributed by atoms with E-state index in [0.717, 1.165) is 5.56 Å². The molecule has 0 spiro atoms. The summed E-state index contributed by atoms with van der Waals surface area (Å²) in [5, 5.41) is 11.7. The topological polar surface area (TPSA) is 79.3 Å². The van der Waals surface area contributed by atoms with Crippen molar-refractivity contribution < 1.29 is 14.7 Å². The number of rotatable bonds is 4. The number of fused-ring (bicyclic) bond motifs is 1. The highest BCUT2D eigenvalue weighted by Gasteiger charge is 2.32. The van der Waals surface area contributed by atoms with Crippen LogP contribution in [0.5, 0.6) is 0 Å². The number of hydrogen-bond donors (Lipinski definition) is 2. The van der Waals surface area contributed by atoms with E-state index in [-0.39, 0.29) is 28.6 Å². The summed E-state index contributed by atoms with van der Waals surface area (Å²) in [5.41, 5.74) is 1.93. The Morgan fingerprint density at radius 3 is 2.52 bits per heavy atom. The van der Waals surface area contributed by atoms with Gasteiger partial charge in [-0.1, -0.05) is 23.7 Å². The van der Waals surface area contributed by atoms with Crippen molar-refractivity contribution in [1.29, 1.82) is 0 Å². The number of allylic oxidation sites excluding steroid dienone is 2. The lowest BCUT2D eigenvalue weighted by Gasteiger charge is -2.18. The van der Waals surface area contributed by atoms with Gasteiger partial charge in [0.05, 0.1) is 5.56 Å². The minimum Gasteiger partial charge on any atom is -0.396 e. The summed E-state index contributed by atoms with van der Waals surface area (Å²) < 4.78 is 0. The predicted molar refractivity (Wildman–Crippen MR) is 86.6 cm³/mol. The predicted octanol–water partition coefficient (Wildman–Crippen LogP) is 2.56. The van der Waals surface area contributed by atoms with Crippen molar-refractivity contribution in [3.8, 4) is 0 Å². The van der Waals surface area contributed by atoms with E-state index in [0.29, 0.717) is 12.1 Å². The molecule has 2 N–H and O–H groups in total. The molecule has 0 saturated carbocycles. The number of carbonyl (C=O) groups excluding carboxylic acids is 2. The molecule has 23 heavy (non-hydrogen) atoms. The first-order valence-electron chi connectivity index (χ1n) is 7.03. The Kier molecular flexibility index (Phi) is 4.23. The molecule has 5 nitrogen and oxygen atoms in total. The van der Waals surface area contributed by atoms with Crippen LogP contribution in [-0.4, -0.2) is 28.3 Å². The van der Waals surface area contributed by atoms with Crippen molar-refractivity contribution in [3.63, 3.8) is 0 Å². The zero-order valence-electron chi connectivity index (χ0n) is 12.0. The lowest BCUT2D eigenvalue weighted by atomic mass is 9.97. The number of anilines is 1. The summed E-state index contributed by atoms with van der Waals surface area (Å²) in [6, 6.07) is 10.3. The van der Waals surface area contributed by atoms with E-state index in [1.54, 1.807) is 18.2 Å². The number of pyridine rings is 1. The molecule has 1 aromatic carbocycles. The number of nitrogens with zero attached hydrogens (tertiary/aromatic N) is 1. The van der Waals surface area contributed by atoms with E-state index in [4.69, 9.17) is 16.7 Å². The Morgan fingerprint density at radius 1 is 1.09 bits per heavy atom. The van der Waals surface area contributed by atoms with Crippen LogP contribution in [0.3, 0.4) is 0 Å². The van der Waals surface area contributed by atoms with Crippen molar-refractivity contribution in [2.45, 2.75) is 6.42 Å². The van der Waals surface area contributed by atoms with Gasteiger partial charge in [0.2, 0.25) is 11.6 Å². The first-order valence-corrected chi connectivity index (χ1v) is 7.40. The molecule has 1 aliphatic carbocycles. The number of Topliss-reactive ketones (excluding diaryl/α,β-unsaturated/α-hetero) is 2. The molecule has 0 atom stereocenters. The minimum atomic E-state index is -0.422. The molecule has 1 heterocycles. The molecule has 0 radical (unpaired) electrons. The van der Waals surface area contributed by atoms with Crippen molar-refractivity contribution in [2.75, 3.05) is 11.9 Å². The van der Waals surface area contributed by atoms with E-state index in [9.17, 15) is 9.59 Å². The van der Waals surface area contributed by atoms with E-state index >= 15 is 0 Å². The second kappa shape index (κ2) is 6.32. The van der Waals surface area contributed by atoms with Crippen LogP contribution in [0.4, 0.5) is 5.69 Å². The fourth-order valence-corrected chi connectivity index (χ4v) is 2.59. The van der Waals surface area contributed by atoms with Crippen molar-refractivity contribution >= 4 is 28.9 Å². The van der Waals surface area contributed by atoms with Gasteiger partial charge >= 0.3 is 0 Å². The number of benzene rings is 1. The van der Waals surface area contributed by atoms with E-state index in [1.807, 2.05) is 12.1 Å². The lowest BCUT2D eigenvalue weighted by Crippen LogP contribution is -2.25. The molecular formula is C17H13ClN2O3. The van der Waals surface area contributed by atoms with Crippen LogP contribution in [-0.2, 0) is 6.42 Å². The number of carbonyl (C=O) groups is 2. The quantitative estimate of drug-likeness (QED) is 0.901. The molecule has 0 aliphatic heterocycles. The highest BCUT2D eigenvalue weighted by Crippen LogP contribution is 2.28. The summed E-state index contributed by atoms with van der Waals surface area (Å²) in [5.74, 6) is -0.835. The summed E-state index contributed by atoms with van der Waals surface area (Å²) >= 11 is 6.07. The Balaban J connectivity index is 1.92. The maximum atomic E-state index is 12.5. The zero-order chi connectivity index (χ0) is 16.4. The molecule has 2 aromatic rings. The lowest BCUT2D eigenvalue weighted by molar-refractivity contribution is 0.0978. The van der Waals surface area contributed by atoms with Gasteiger partial charge in [0.25, 0.3) is 0 Å². The maximum Gasteiger partial charge on any atom is 0.229 e. The Bertz CT molecular complexity index is 813. The summed E-state index contributed by atoms with van der Waals surface area (Å²) in [6.45, 7) is 0.0686. The Hall–Kier alpha value is -2.50. The number of aromatic nitrogens is 1. The smallest absolute Gasteiger partial charge is 0.229 e. The first-order chi connectivity index (χ1) is 11.1. The van der Waals surface area contributed by atoms with Gasteiger partial charge in [-0.05, 0) is 36.2 Å². The SMILES string of the molecule is O=C1C(Cl)=C(Nc2ccc(CCO)cc2)C(=O)c2ncccc21. The normalized spacial score (nSPS) is 14.0. The highest BCUT2D eigenvalue weighted by molar-refractivity contribution is 6.50. The molecular weight excluding hydrogens is 316 g/mol. The van der Waals surface area contributed by atoms with Crippen LogP contribution < -0.4 is 5.32 Å². The molecule has 116 valence electrons. The third kappa shape index (κ3) is 2.88. The van der Waals surface area contributed by atoms with E-state index in [1.165, 1.54) is 12.3 Å². The molecule has 0 amide bonds. The molecule has 0 unspecified atom stereocenters. The van der Waals surface area contributed by atoms with Gasteiger partial charge < -0.3 is 10.4 Å². The molecule has 0 bridgehead atoms. The van der Waals surface area contributed by atoms with Crippen LogP contribution >= 0.6 is 11.6 Å². The van der Waals surface area contributed by atoms with E-state index < -0.39 is 11.6 Å². The summed E-state index contributed by atoms with van der Waals surface area (Å²) in [7, 11) is 0. The van der Waals surface area contributed by atoms with Crippen molar-refractivity contribution in [1.82, 2.24) is 4.98 Å². The average molecular weight is 329 g/mol. The molecule has 0 fully saturated rings. The summed E-state index contributed by atoms with van der Waals surface area (Å²) in [6.07, 6.45) is 2.02. The maximum absolute atomic E-state index is 12.5. The second-order valence-electron chi connectivity index (χ2n) is 5.04. The number of aliphatic hydroxyl groups is 1. The van der Waals surface area contributed by atoms with Crippen molar-refractivity contribution in [3.05, 3.63) is 70.1 Å². The van der Waals surface area contributed by atoms with Gasteiger partial charge in [-0.3, -0.25) is 14.6 Å². The van der Waals surface area contributed by atoms with Crippen LogP contribution in [0.15, 0.2) is 53.3 Å². The zero-order valence-corrected chi connectivity index (χ0v) is 12.8. The number of nitrogens with one attached hydrogen (secondary N) is 1. The monoisotopic (exact) mass is 328 g/mol. The van der Waals surface area contributed by atoms with Gasteiger partial charge in [0.1, 0.15) is 16.4 Å². The molecule has 1 aliphatic rings. The molecule has 1 aromatic heterocycles. The third-order valence-corrected chi connectivity index (χ3v) is 3.90. The first kappa shape index (κ1) is 15.4. The largest absolute Gasteiger partial charge is 0.396 e. The van der Waals surface area contributed by atoms with Gasteiger partial charge in [-0.2, -0.15) is 0 Å². The molecule has 0 saturated heterocycles. The van der Waals surface area contributed by atoms with Crippen LogP contribution in [0.25, 0.3) is 0 Å². The fourth-order valence-electron chi connectivity index (χ4n) is 2.36. The number of aliphatic hydroxyl groups excluding tert-OH is 1. The fraction of sp³-hybridized carbons (Fsp3) is 0.118. The van der Waals surface area contributed by atoms with Gasteiger partial charge in [-0.15, -0.1) is 0 Å².